The number of para-hydroxylation sites is 2. The fourth-order valence-corrected chi connectivity index (χ4v) is 1.66. The molecule has 1 amide bonds. The van der Waals surface area contributed by atoms with Gasteiger partial charge in [-0.05, 0) is 18.6 Å². The zero-order valence-electron chi connectivity index (χ0n) is 11.6. The lowest BCUT2D eigenvalue weighted by Gasteiger charge is -2.14. The van der Waals surface area contributed by atoms with Gasteiger partial charge in [0.15, 0.2) is 18.1 Å². The molecule has 6 nitrogen and oxygen atoms in total. The van der Waals surface area contributed by atoms with Crippen molar-refractivity contribution in [1.29, 1.82) is 0 Å². The quantitative estimate of drug-likeness (QED) is 0.753. The summed E-state index contributed by atoms with van der Waals surface area (Å²) in [6.07, 6.45) is 1.06. The van der Waals surface area contributed by atoms with Crippen LogP contribution >= 0.6 is 0 Å². The number of hydrogen-bond acceptors (Lipinski definition) is 4. The monoisotopic (exact) mass is 281 g/mol. The molecule has 2 N–H and O–H groups in total. The minimum absolute atomic E-state index is 0.256. The van der Waals surface area contributed by atoms with Crippen LogP contribution in [0.25, 0.3) is 0 Å². The highest BCUT2D eigenvalue weighted by molar-refractivity contribution is 5.84. The number of carbonyl (C=O) groups is 2. The molecule has 0 radical (unpaired) electrons. The smallest absolute Gasteiger partial charge is 0.326 e. The van der Waals surface area contributed by atoms with E-state index in [2.05, 4.69) is 5.32 Å². The van der Waals surface area contributed by atoms with E-state index in [0.29, 0.717) is 24.3 Å². The number of hydrogen-bond donors (Lipinski definition) is 2. The Morgan fingerprint density at radius 3 is 2.50 bits per heavy atom. The third-order valence-corrected chi connectivity index (χ3v) is 2.64. The molecule has 0 unspecified atom stereocenters. The summed E-state index contributed by atoms with van der Waals surface area (Å²) in [5.41, 5.74) is 0. The first-order chi connectivity index (χ1) is 9.58. The molecule has 0 aliphatic rings. The average Bonchev–Trinajstić information content (AvgIpc) is 2.44. The molecule has 110 valence electrons. The van der Waals surface area contributed by atoms with Crippen LogP contribution in [0.3, 0.4) is 0 Å². The van der Waals surface area contributed by atoms with Crippen LogP contribution in [0, 0.1) is 0 Å². The molecule has 1 atom stereocenters. The summed E-state index contributed by atoms with van der Waals surface area (Å²) in [5, 5.41) is 11.4. The summed E-state index contributed by atoms with van der Waals surface area (Å²) < 4.78 is 10.4. The van der Waals surface area contributed by atoms with Crippen molar-refractivity contribution in [1.82, 2.24) is 5.32 Å². The molecule has 6 heteroatoms. The molecule has 1 aromatic rings. The maximum atomic E-state index is 11.7. The molecular weight excluding hydrogens is 262 g/mol. The highest BCUT2D eigenvalue weighted by Gasteiger charge is 2.19. The fourth-order valence-electron chi connectivity index (χ4n) is 1.66. The van der Waals surface area contributed by atoms with Crippen molar-refractivity contribution in [2.45, 2.75) is 25.8 Å². The third-order valence-electron chi connectivity index (χ3n) is 2.64. The lowest BCUT2D eigenvalue weighted by Crippen LogP contribution is -2.42. The van der Waals surface area contributed by atoms with Gasteiger partial charge in [0.2, 0.25) is 0 Å². The van der Waals surface area contributed by atoms with E-state index in [0.717, 1.165) is 0 Å². The van der Waals surface area contributed by atoms with E-state index in [1.807, 2.05) is 6.92 Å². The van der Waals surface area contributed by atoms with E-state index in [4.69, 9.17) is 14.6 Å². The maximum absolute atomic E-state index is 11.7. The predicted octanol–water partition coefficient (Wildman–Crippen LogP) is 1.44. The van der Waals surface area contributed by atoms with Crippen LogP contribution in [-0.4, -0.2) is 36.7 Å². The van der Waals surface area contributed by atoms with Crippen LogP contribution in [0.5, 0.6) is 11.5 Å². The average molecular weight is 281 g/mol. The van der Waals surface area contributed by atoms with Crippen LogP contribution in [0.15, 0.2) is 24.3 Å². The molecular formula is C14H19NO5. The number of carboxylic acids is 1. The Morgan fingerprint density at radius 2 is 1.95 bits per heavy atom. The highest BCUT2D eigenvalue weighted by atomic mass is 16.5. The highest BCUT2D eigenvalue weighted by Crippen LogP contribution is 2.25. The lowest BCUT2D eigenvalue weighted by molar-refractivity contribution is -0.142. The van der Waals surface area contributed by atoms with Gasteiger partial charge in [0.25, 0.3) is 5.91 Å². The number of benzene rings is 1. The Bertz CT molecular complexity index is 461. The molecule has 0 bridgehead atoms. The first-order valence-electron chi connectivity index (χ1n) is 6.36. The van der Waals surface area contributed by atoms with Gasteiger partial charge in [-0.3, -0.25) is 4.79 Å². The van der Waals surface area contributed by atoms with E-state index >= 15 is 0 Å². The number of ether oxygens (including phenoxy) is 2. The molecule has 0 spiro atoms. The SMILES string of the molecule is CCC[C@@H](NC(=O)COc1ccccc1OC)C(=O)O. The number of amides is 1. The van der Waals surface area contributed by atoms with Gasteiger partial charge >= 0.3 is 5.97 Å². The molecule has 0 saturated carbocycles. The molecule has 1 rings (SSSR count). The standard InChI is InChI=1S/C14H19NO5/c1-3-6-10(14(17)18)15-13(16)9-20-12-8-5-4-7-11(12)19-2/h4-5,7-8,10H,3,6,9H2,1-2H3,(H,15,16)(H,17,18)/t10-/m1/s1. The van der Waals surface area contributed by atoms with Gasteiger partial charge in [0, 0.05) is 0 Å². The normalized spacial score (nSPS) is 11.5. The van der Waals surface area contributed by atoms with Gasteiger partial charge in [-0.2, -0.15) is 0 Å². The van der Waals surface area contributed by atoms with E-state index in [1.54, 1.807) is 24.3 Å². The Labute approximate surface area is 117 Å². The summed E-state index contributed by atoms with van der Waals surface area (Å²) in [6.45, 7) is 1.60. The molecule has 0 fully saturated rings. The van der Waals surface area contributed by atoms with Crippen molar-refractivity contribution >= 4 is 11.9 Å². The topological polar surface area (TPSA) is 84.9 Å². The van der Waals surface area contributed by atoms with Gasteiger partial charge in [0.1, 0.15) is 6.04 Å². The predicted molar refractivity (Wildman–Crippen MR) is 73.0 cm³/mol. The maximum Gasteiger partial charge on any atom is 0.326 e. The second kappa shape index (κ2) is 8.04. The van der Waals surface area contributed by atoms with E-state index in [1.165, 1.54) is 7.11 Å². The number of nitrogens with one attached hydrogen (secondary N) is 1. The van der Waals surface area contributed by atoms with Crippen molar-refractivity contribution in [2.24, 2.45) is 0 Å². The number of methoxy groups -OCH3 is 1. The minimum Gasteiger partial charge on any atom is -0.493 e. The van der Waals surface area contributed by atoms with Gasteiger partial charge in [0.05, 0.1) is 7.11 Å². The number of carboxylic acid groups (broad SMARTS) is 1. The van der Waals surface area contributed by atoms with E-state index in [-0.39, 0.29) is 6.61 Å². The van der Waals surface area contributed by atoms with Gasteiger partial charge in [-0.15, -0.1) is 0 Å². The summed E-state index contributed by atoms with van der Waals surface area (Å²) in [6, 6.07) is 6.05. The first kappa shape index (κ1) is 15.8. The summed E-state index contributed by atoms with van der Waals surface area (Å²) in [4.78, 5) is 22.6. The molecule has 0 aromatic heterocycles. The Balaban J connectivity index is 2.52. The number of carbonyl (C=O) groups excluding carboxylic acids is 1. The zero-order valence-corrected chi connectivity index (χ0v) is 11.6. The van der Waals surface area contributed by atoms with Crippen LogP contribution < -0.4 is 14.8 Å². The number of aliphatic carboxylic acids is 1. The van der Waals surface area contributed by atoms with Crippen LogP contribution in [0.2, 0.25) is 0 Å². The molecule has 0 heterocycles. The Kier molecular flexibility index (Phi) is 6.36. The molecule has 1 aromatic carbocycles. The fraction of sp³-hybridized carbons (Fsp3) is 0.429. The minimum atomic E-state index is -1.04. The van der Waals surface area contributed by atoms with Gasteiger partial charge < -0.3 is 19.9 Å². The molecule has 0 saturated heterocycles. The summed E-state index contributed by atoms with van der Waals surface area (Å²) in [5.74, 6) is -0.564. The van der Waals surface area contributed by atoms with Crippen molar-refractivity contribution in [2.75, 3.05) is 13.7 Å². The van der Waals surface area contributed by atoms with Crippen molar-refractivity contribution < 1.29 is 24.2 Å². The van der Waals surface area contributed by atoms with Gasteiger partial charge in [-0.25, -0.2) is 4.79 Å². The molecule has 20 heavy (non-hydrogen) atoms. The van der Waals surface area contributed by atoms with E-state index in [9.17, 15) is 9.59 Å². The lowest BCUT2D eigenvalue weighted by atomic mass is 10.2. The van der Waals surface area contributed by atoms with Crippen molar-refractivity contribution in [3.8, 4) is 11.5 Å². The van der Waals surface area contributed by atoms with Crippen molar-refractivity contribution in [3.63, 3.8) is 0 Å². The largest absolute Gasteiger partial charge is 0.493 e. The van der Waals surface area contributed by atoms with Crippen LogP contribution in [0.4, 0.5) is 0 Å². The Morgan fingerprint density at radius 1 is 1.30 bits per heavy atom. The van der Waals surface area contributed by atoms with Crippen LogP contribution in [0.1, 0.15) is 19.8 Å². The van der Waals surface area contributed by atoms with Crippen LogP contribution in [-0.2, 0) is 9.59 Å². The van der Waals surface area contributed by atoms with Crippen molar-refractivity contribution in [3.05, 3.63) is 24.3 Å². The second-order valence-electron chi connectivity index (χ2n) is 4.19. The van der Waals surface area contributed by atoms with E-state index < -0.39 is 17.9 Å². The zero-order chi connectivity index (χ0) is 15.0. The molecule has 0 aliphatic carbocycles. The molecule has 0 aliphatic heterocycles. The first-order valence-corrected chi connectivity index (χ1v) is 6.36. The third kappa shape index (κ3) is 4.79. The Hall–Kier alpha value is -2.24. The summed E-state index contributed by atoms with van der Waals surface area (Å²) >= 11 is 0. The summed E-state index contributed by atoms with van der Waals surface area (Å²) in [7, 11) is 1.50. The number of rotatable bonds is 8. The second-order valence-corrected chi connectivity index (χ2v) is 4.19. The van der Waals surface area contributed by atoms with Gasteiger partial charge in [-0.1, -0.05) is 25.5 Å².